The molecule has 1 N–H and O–H groups in total. The molecule has 0 aliphatic carbocycles. The summed E-state index contributed by atoms with van der Waals surface area (Å²) in [5.74, 6) is 0.233. The summed E-state index contributed by atoms with van der Waals surface area (Å²) in [6, 6.07) is 0. The summed E-state index contributed by atoms with van der Waals surface area (Å²) in [7, 11) is 1.68. The fourth-order valence-corrected chi connectivity index (χ4v) is 2.96. The molecule has 2 aliphatic rings. The van der Waals surface area contributed by atoms with E-state index in [0.717, 1.165) is 12.1 Å². The molecule has 2 atom stereocenters. The van der Waals surface area contributed by atoms with Crippen molar-refractivity contribution in [2.75, 3.05) is 40.1 Å². The van der Waals surface area contributed by atoms with Gasteiger partial charge < -0.3 is 19.5 Å². The van der Waals surface area contributed by atoms with Crippen molar-refractivity contribution < 1.29 is 19.0 Å². The second kappa shape index (κ2) is 7.21. The minimum absolute atomic E-state index is 0.00611. The van der Waals surface area contributed by atoms with Crippen LogP contribution in [-0.2, 0) is 32.2 Å². The fraction of sp³-hybridized carbons (Fsp3) is 0.733. The van der Waals surface area contributed by atoms with Gasteiger partial charge in [0, 0.05) is 31.7 Å². The normalized spacial score (nSPS) is 24.2. The number of hydrogen-bond donors (Lipinski definition) is 1. The van der Waals surface area contributed by atoms with E-state index >= 15 is 0 Å². The zero-order valence-electron chi connectivity index (χ0n) is 12.9. The lowest BCUT2D eigenvalue weighted by Crippen LogP contribution is -2.36. The van der Waals surface area contributed by atoms with Gasteiger partial charge in [-0.15, -0.1) is 0 Å². The van der Waals surface area contributed by atoms with E-state index in [4.69, 9.17) is 14.2 Å². The molecule has 1 fully saturated rings. The third-order valence-corrected chi connectivity index (χ3v) is 4.31. The number of methoxy groups -OCH3 is 1. The van der Waals surface area contributed by atoms with E-state index in [2.05, 4.69) is 10.4 Å². The molecule has 1 aromatic heterocycles. The summed E-state index contributed by atoms with van der Waals surface area (Å²) in [6.45, 7) is 4.32. The minimum Gasteiger partial charge on any atom is -0.383 e. The van der Waals surface area contributed by atoms with Crippen LogP contribution in [0, 0.1) is 5.92 Å². The molecular weight excluding hydrogens is 286 g/mol. The first-order chi connectivity index (χ1) is 10.8. The molecule has 0 bridgehead atoms. The molecule has 7 heteroatoms. The van der Waals surface area contributed by atoms with Crippen molar-refractivity contribution in [3.05, 3.63) is 17.5 Å². The number of ether oxygens (including phenoxy) is 3. The number of carbonyl (C=O) groups is 1. The molecule has 22 heavy (non-hydrogen) atoms. The van der Waals surface area contributed by atoms with Gasteiger partial charge in [0.2, 0.25) is 5.91 Å². The number of nitrogens with one attached hydrogen (secondary N) is 1. The molecule has 7 nitrogen and oxygen atoms in total. The number of nitrogens with zero attached hydrogens (tertiary/aromatic N) is 2. The van der Waals surface area contributed by atoms with Crippen LogP contribution in [0.15, 0.2) is 6.20 Å². The topological polar surface area (TPSA) is 74.6 Å². The molecule has 0 saturated carbocycles. The first kappa shape index (κ1) is 15.5. The number of fused-ring (bicyclic) bond motifs is 1. The van der Waals surface area contributed by atoms with Gasteiger partial charge in [-0.3, -0.25) is 9.48 Å². The second-order valence-electron chi connectivity index (χ2n) is 5.78. The van der Waals surface area contributed by atoms with Crippen LogP contribution in [0.3, 0.4) is 0 Å². The zero-order chi connectivity index (χ0) is 15.4. The summed E-state index contributed by atoms with van der Waals surface area (Å²) < 4.78 is 18.0. The van der Waals surface area contributed by atoms with Crippen LogP contribution in [0.2, 0.25) is 0 Å². The molecule has 1 amide bonds. The van der Waals surface area contributed by atoms with Gasteiger partial charge >= 0.3 is 0 Å². The molecule has 2 aliphatic heterocycles. The summed E-state index contributed by atoms with van der Waals surface area (Å²) in [6.07, 6.45) is 2.70. The first-order valence-electron chi connectivity index (χ1n) is 7.76. The van der Waals surface area contributed by atoms with Crippen molar-refractivity contribution in [3.63, 3.8) is 0 Å². The van der Waals surface area contributed by atoms with Crippen LogP contribution in [0.4, 0.5) is 0 Å². The fourth-order valence-electron chi connectivity index (χ4n) is 2.96. The van der Waals surface area contributed by atoms with Crippen molar-refractivity contribution in [2.24, 2.45) is 5.92 Å². The average Bonchev–Trinajstić information content (AvgIpc) is 3.20. The van der Waals surface area contributed by atoms with Crippen LogP contribution in [0.1, 0.15) is 23.6 Å². The molecule has 0 aromatic carbocycles. The van der Waals surface area contributed by atoms with Crippen molar-refractivity contribution in [2.45, 2.75) is 25.5 Å². The summed E-state index contributed by atoms with van der Waals surface area (Å²) >= 11 is 0. The molecule has 3 heterocycles. The number of carbonyl (C=O) groups excluding carboxylic acids is 1. The van der Waals surface area contributed by atoms with E-state index in [1.54, 1.807) is 7.11 Å². The van der Waals surface area contributed by atoms with Gasteiger partial charge in [0.15, 0.2) is 0 Å². The van der Waals surface area contributed by atoms with E-state index in [0.29, 0.717) is 46.1 Å². The van der Waals surface area contributed by atoms with Gasteiger partial charge in [-0.25, -0.2) is 0 Å². The van der Waals surface area contributed by atoms with Gasteiger partial charge in [0.05, 0.1) is 50.8 Å². The van der Waals surface area contributed by atoms with E-state index in [9.17, 15) is 4.79 Å². The Morgan fingerprint density at radius 3 is 3.18 bits per heavy atom. The highest BCUT2D eigenvalue weighted by Gasteiger charge is 2.27. The van der Waals surface area contributed by atoms with E-state index in [1.807, 2.05) is 10.9 Å². The quantitative estimate of drug-likeness (QED) is 0.818. The van der Waals surface area contributed by atoms with Gasteiger partial charge in [-0.05, 0) is 6.42 Å². The Kier molecular flexibility index (Phi) is 5.07. The highest BCUT2D eigenvalue weighted by molar-refractivity contribution is 5.79. The summed E-state index contributed by atoms with van der Waals surface area (Å²) in [5.41, 5.74) is 2.26. The highest BCUT2D eigenvalue weighted by Crippen LogP contribution is 2.26. The highest BCUT2D eigenvalue weighted by atomic mass is 16.5. The minimum atomic E-state index is -0.00611. The largest absolute Gasteiger partial charge is 0.383 e. The lowest BCUT2D eigenvalue weighted by molar-refractivity contribution is -0.125. The number of rotatable bonds is 6. The Labute approximate surface area is 129 Å². The first-order valence-corrected chi connectivity index (χ1v) is 7.76. The number of hydrogen-bond acceptors (Lipinski definition) is 5. The molecule has 0 radical (unpaired) electrons. The summed E-state index contributed by atoms with van der Waals surface area (Å²) in [5, 5.41) is 7.44. The maximum absolute atomic E-state index is 12.1. The third-order valence-electron chi connectivity index (χ3n) is 4.31. The Morgan fingerprint density at radius 1 is 1.50 bits per heavy atom. The number of aromatic nitrogens is 2. The van der Waals surface area contributed by atoms with Crippen LogP contribution >= 0.6 is 0 Å². The zero-order valence-corrected chi connectivity index (χ0v) is 12.9. The average molecular weight is 309 g/mol. The molecule has 1 saturated heterocycles. The maximum Gasteiger partial charge on any atom is 0.225 e. The van der Waals surface area contributed by atoms with Gasteiger partial charge in [0.1, 0.15) is 0 Å². The van der Waals surface area contributed by atoms with Gasteiger partial charge in [-0.1, -0.05) is 0 Å². The Morgan fingerprint density at radius 2 is 2.41 bits per heavy atom. The molecule has 122 valence electrons. The van der Waals surface area contributed by atoms with Crippen molar-refractivity contribution in [1.82, 2.24) is 15.1 Å². The molecule has 3 rings (SSSR count). The molecule has 1 aromatic rings. The summed E-state index contributed by atoms with van der Waals surface area (Å²) in [4.78, 5) is 12.1. The third kappa shape index (κ3) is 3.31. The molecule has 2 unspecified atom stereocenters. The lowest BCUT2D eigenvalue weighted by atomic mass is 9.98. The standard InChI is InChI=1S/C15H23N3O4/c1-20-5-3-18-14-10-22-9-12(13(14)7-17-18)6-16-15(19)11-2-4-21-8-11/h7,11-12H,2-6,8-10H2,1H3,(H,16,19). The SMILES string of the molecule is COCCn1ncc2c1COCC2CNC(=O)C1CCOC1. The lowest BCUT2D eigenvalue weighted by Gasteiger charge is -2.24. The van der Waals surface area contributed by atoms with E-state index in [-0.39, 0.29) is 17.7 Å². The van der Waals surface area contributed by atoms with Crippen LogP contribution < -0.4 is 5.32 Å². The van der Waals surface area contributed by atoms with Crippen molar-refractivity contribution in [3.8, 4) is 0 Å². The van der Waals surface area contributed by atoms with Crippen molar-refractivity contribution >= 4 is 5.91 Å². The Bertz CT molecular complexity index is 511. The number of amides is 1. The maximum atomic E-state index is 12.1. The predicted molar refractivity (Wildman–Crippen MR) is 78.4 cm³/mol. The van der Waals surface area contributed by atoms with Crippen LogP contribution in [-0.4, -0.2) is 55.8 Å². The Hall–Kier alpha value is -1.44. The van der Waals surface area contributed by atoms with Gasteiger partial charge in [0.25, 0.3) is 0 Å². The van der Waals surface area contributed by atoms with Crippen LogP contribution in [0.5, 0.6) is 0 Å². The molecule has 0 spiro atoms. The smallest absolute Gasteiger partial charge is 0.225 e. The predicted octanol–water partition coefficient (Wildman–Crippen LogP) is 0.296. The monoisotopic (exact) mass is 309 g/mol. The van der Waals surface area contributed by atoms with Crippen LogP contribution in [0.25, 0.3) is 0 Å². The van der Waals surface area contributed by atoms with E-state index < -0.39 is 0 Å². The second-order valence-corrected chi connectivity index (χ2v) is 5.78. The van der Waals surface area contributed by atoms with Gasteiger partial charge in [-0.2, -0.15) is 5.10 Å². The van der Waals surface area contributed by atoms with Crippen molar-refractivity contribution in [1.29, 1.82) is 0 Å². The van der Waals surface area contributed by atoms with E-state index in [1.165, 1.54) is 5.56 Å². The molecular formula is C15H23N3O4. The Balaban J connectivity index is 1.59.